The molecular weight excluding hydrogens is 258 g/mol. The van der Waals surface area contributed by atoms with Crippen LogP contribution in [-0.4, -0.2) is 24.7 Å². The minimum atomic E-state index is -3.43. The Morgan fingerprint density at radius 2 is 2.18 bits per heavy atom. The molecule has 0 radical (unpaired) electrons. The van der Waals surface area contributed by atoms with E-state index in [9.17, 15) is 8.42 Å². The highest BCUT2D eigenvalue weighted by molar-refractivity contribution is 7.94. The fourth-order valence-electron chi connectivity index (χ4n) is 0.785. The van der Waals surface area contributed by atoms with Gasteiger partial charge in [0.2, 0.25) is 10.0 Å². The second-order valence-electron chi connectivity index (χ2n) is 4.25. The Morgan fingerprint density at radius 3 is 2.71 bits per heavy atom. The monoisotopic (exact) mass is 273 g/mol. The zero-order valence-corrected chi connectivity index (χ0v) is 11.6. The van der Waals surface area contributed by atoms with Gasteiger partial charge in [-0.05, 0) is 20.8 Å². The predicted octanol–water partition coefficient (Wildman–Crippen LogP) is 0.994. The van der Waals surface area contributed by atoms with Crippen LogP contribution in [0, 0.1) is 11.8 Å². The molecule has 1 heterocycles. The molecule has 0 aliphatic heterocycles. The highest BCUT2D eigenvalue weighted by Gasteiger charge is 2.29. The minimum Gasteiger partial charge on any atom is -0.320 e. The highest BCUT2D eigenvalue weighted by atomic mass is 32.2. The number of thiazole rings is 1. The van der Waals surface area contributed by atoms with E-state index in [0.717, 1.165) is 0 Å². The number of nitrogens with zero attached hydrogens (tertiary/aromatic N) is 1. The lowest BCUT2D eigenvalue weighted by Crippen LogP contribution is -2.33. The summed E-state index contributed by atoms with van der Waals surface area (Å²) in [7, 11) is -3.43. The van der Waals surface area contributed by atoms with Crippen LogP contribution in [0.4, 0.5) is 5.13 Å². The van der Waals surface area contributed by atoms with E-state index in [2.05, 4.69) is 21.5 Å². The maximum atomic E-state index is 11.8. The largest absolute Gasteiger partial charge is 0.320 e. The van der Waals surface area contributed by atoms with E-state index in [-0.39, 0.29) is 6.54 Å². The van der Waals surface area contributed by atoms with E-state index in [0.29, 0.717) is 10.0 Å². The lowest BCUT2D eigenvalue weighted by atomic mass is 10.3. The average Bonchev–Trinajstić information content (AvgIpc) is 2.60. The third kappa shape index (κ3) is 3.70. The van der Waals surface area contributed by atoms with Crippen molar-refractivity contribution in [3.63, 3.8) is 0 Å². The van der Waals surface area contributed by atoms with Gasteiger partial charge in [0.1, 0.15) is 0 Å². The molecule has 0 spiro atoms. The van der Waals surface area contributed by atoms with Crippen molar-refractivity contribution in [1.82, 2.24) is 4.98 Å². The Hall–Kier alpha value is -1.10. The fraction of sp³-hybridized carbons (Fsp3) is 0.500. The first-order valence-corrected chi connectivity index (χ1v) is 7.23. The topological polar surface area (TPSA) is 85.1 Å². The highest BCUT2D eigenvalue weighted by Crippen LogP contribution is 2.23. The maximum absolute atomic E-state index is 11.8. The van der Waals surface area contributed by atoms with Gasteiger partial charge in [0, 0.05) is 0 Å². The standard InChI is InChI=1S/C10H15N3O2S2/c1-10(2,3)17(14,15)13-9-12-7-8(16-9)5-4-6-11/h7H,6,11H2,1-3H3,(H,12,13). The van der Waals surface area contributed by atoms with Gasteiger partial charge in [-0.1, -0.05) is 23.2 Å². The first kappa shape index (κ1) is 14.0. The summed E-state index contributed by atoms with van der Waals surface area (Å²) in [5.74, 6) is 5.48. The summed E-state index contributed by atoms with van der Waals surface area (Å²) in [5, 5.41) is 0.321. The summed E-state index contributed by atoms with van der Waals surface area (Å²) in [6.45, 7) is 5.13. The van der Waals surface area contributed by atoms with E-state index < -0.39 is 14.8 Å². The number of anilines is 1. The SMILES string of the molecule is CC(C)(C)S(=O)(=O)Nc1ncc(C#CCN)s1. The van der Waals surface area contributed by atoms with Gasteiger partial charge in [-0.3, -0.25) is 4.72 Å². The molecule has 0 amide bonds. The van der Waals surface area contributed by atoms with Gasteiger partial charge in [0.15, 0.2) is 5.13 Å². The second kappa shape index (κ2) is 5.04. The molecule has 0 bridgehead atoms. The van der Waals surface area contributed by atoms with E-state index in [1.54, 1.807) is 20.8 Å². The lowest BCUT2D eigenvalue weighted by molar-refractivity contribution is 0.566. The van der Waals surface area contributed by atoms with Crippen LogP contribution in [0.2, 0.25) is 0 Å². The molecular formula is C10H15N3O2S2. The Bertz CT molecular complexity index is 544. The molecule has 0 fully saturated rings. The molecule has 5 nitrogen and oxygen atoms in total. The molecule has 7 heteroatoms. The number of rotatable bonds is 2. The van der Waals surface area contributed by atoms with E-state index in [1.165, 1.54) is 17.5 Å². The molecule has 94 valence electrons. The molecule has 0 aliphatic rings. The predicted molar refractivity (Wildman–Crippen MR) is 70.3 cm³/mol. The van der Waals surface area contributed by atoms with Crippen LogP contribution in [0.15, 0.2) is 6.20 Å². The smallest absolute Gasteiger partial charge is 0.239 e. The molecule has 1 aromatic heterocycles. The van der Waals surface area contributed by atoms with Crippen LogP contribution in [-0.2, 0) is 10.0 Å². The maximum Gasteiger partial charge on any atom is 0.239 e. The summed E-state index contributed by atoms with van der Waals surface area (Å²) >= 11 is 1.19. The molecule has 0 saturated heterocycles. The van der Waals surface area contributed by atoms with Crippen molar-refractivity contribution < 1.29 is 8.42 Å². The molecule has 0 saturated carbocycles. The Labute approximate surface area is 105 Å². The number of nitrogens with two attached hydrogens (primary N) is 1. The number of hydrogen-bond donors (Lipinski definition) is 2. The van der Waals surface area contributed by atoms with Crippen molar-refractivity contribution >= 4 is 26.5 Å². The summed E-state index contributed by atoms with van der Waals surface area (Å²) in [4.78, 5) is 4.64. The summed E-state index contributed by atoms with van der Waals surface area (Å²) < 4.78 is 25.3. The minimum absolute atomic E-state index is 0.265. The van der Waals surface area contributed by atoms with Gasteiger partial charge in [-0.15, -0.1) is 0 Å². The van der Waals surface area contributed by atoms with Crippen molar-refractivity contribution in [3.8, 4) is 11.8 Å². The van der Waals surface area contributed by atoms with Gasteiger partial charge in [-0.2, -0.15) is 0 Å². The van der Waals surface area contributed by atoms with Gasteiger partial charge < -0.3 is 5.73 Å². The normalized spacial score (nSPS) is 11.8. The number of hydrogen-bond acceptors (Lipinski definition) is 5. The van der Waals surface area contributed by atoms with Crippen LogP contribution in [0.5, 0.6) is 0 Å². The van der Waals surface area contributed by atoms with Crippen LogP contribution in [0.1, 0.15) is 25.6 Å². The summed E-state index contributed by atoms with van der Waals surface area (Å²) in [6.07, 6.45) is 1.52. The Balaban J connectivity index is 2.88. The molecule has 17 heavy (non-hydrogen) atoms. The van der Waals surface area contributed by atoms with Gasteiger partial charge in [0.05, 0.1) is 22.4 Å². The van der Waals surface area contributed by atoms with Crippen LogP contribution in [0.3, 0.4) is 0 Å². The van der Waals surface area contributed by atoms with Crippen molar-refractivity contribution in [2.24, 2.45) is 5.73 Å². The summed E-state index contributed by atoms with van der Waals surface area (Å²) in [5.41, 5.74) is 5.24. The molecule has 0 aliphatic carbocycles. The zero-order chi connectivity index (χ0) is 13.1. The van der Waals surface area contributed by atoms with Crippen LogP contribution in [0.25, 0.3) is 0 Å². The molecule has 0 aromatic carbocycles. The molecule has 1 aromatic rings. The molecule has 0 atom stereocenters. The fourth-order valence-corrected chi connectivity index (χ4v) is 2.41. The van der Waals surface area contributed by atoms with E-state index in [1.807, 2.05) is 0 Å². The molecule has 0 unspecified atom stereocenters. The molecule has 1 rings (SSSR count). The Kier molecular flexibility index (Phi) is 4.14. The van der Waals surface area contributed by atoms with Crippen molar-refractivity contribution in [1.29, 1.82) is 0 Å². The second-order valence-corrected chi connectivity index (χ2v) is 7.72. The van der Waals surface area contributed by atoms with E-state index in [4.69, 9.17) is 5.73 Å². The summed E-state index contributed by atoms with van der Waals surface area (Å²) in [6, 6.07) is 0. The zero-order valence-electron chi connectivity index (χ0n) is 9.94. The van der Waals surface area contributed by atoms with Crippen molar-refractivity contribution in [3.05, 3.63) is 11.1 Å². The van der Waals surface area contributed by atoms with Crippen molar-refractivity contribution in [2.75, 3.05) is 11.3 Å². The van der Waals surface area contributed by atoms with Crippen LogP contribution >= 0.6 is 11.3 Å². The number of nitrogens with one attached hydrogen (secondary N) is 1. The number of aromatic nitrogens is 1. The van der Waals surface area contributed by atoms with Crippen molar-refractivity contribution in [2.45, 2.75) is 25.5 Å². The van der Waals surface area contributed by atoms with E-state index >= 15 is 0 Å². The van der Waals surface area contributed by atoms with Gasteiger partial charge in [0.25, 0.3) is 0 Å². The third-order valence-corrected chi connectivity index (χ3v) is 4.88. The van der Waals surface area contributed by atoms with Gasteiger partial charge >= 0.3 is 0 Å². The molecule has 3 N–H and O–H groups in total. The first-order chi connectivity index (χ1) is 7.76. The quantitative estimate of drug-likeness (QED) is 0.787. The third-order valence-electron chi connectivity index (χ3n) is 1.85. The lowest BCUT2D eigenvalue weighted by Gasteiger charge is -2.18. The van der Waals surface area contributed by atoms with Crippen LogP contribution < -0.4 is 10.5 Å². The number of sulfonamides is 1. The van der Waals surface area contributed by atoms with Gasteiger partial charge in [-0.25, -0.2) is 13.4 Å². The Morgan fingerprint density at radius 1 is 1.53 bits per heavy atom. The average molecular weight is 273 g/mol. The first-order valence-electron chi connectivity index (χ1n) is 4.93.